The Bertz CT molecular complexity index is 1060. The topological polar surface area (TPSA) is 83.7 Å². The molecule has 1 aliphatic heterocycles. The third kappa shape index (κ3) is 3.11. The third-order valence-electron chi connectivity index (χ3n) is 5.07. The Morgan fingerprint density at radius 1 is 1.21 bits per heavy atom. The van der Waals surface area contributed by atoms with Crippen LogP contribution < -0.4 is 0 Å². The van der Waals surface area contributed by atoms with E-state index in [-0.39, 0.29) is 17.7 Å². The first-order valence-electron chi connectivity index (χ1n) is 9.23. The van der Waals surface area contributed by atoms with Gasteiger partial charge in [-0.15, -0.1) is 0 Å². The number of aromatic nitrogens is 4. The molecule has 0 aromatic carbocycles. The van der Waals surface area contributed by atoms with E-state index in [0.717, 1.165) is 17.8 Å². The molecule has 8 heteroatoms. The highest BCUT2D eigenvalue weighted by molar-refractivity contribution is 5.99. The molecule has 0 spiro atoms. The fourth-order valence-corrected chi connectivity index (χ4v) is 3.62. The smallest absolute Gasteiger partial charge is 0.272 e. The Hall–Kier alpha value is -3.29. The van der Waals surface area contributed by atoms with Crippen LogP contribution in [0.25, 0.3) is 5.65 Å². The van der Waals surface area contributed by atoms with Gasteiger partial charge in [0.25, 0.3) is 11.8 Å². The summed E-state index contributed by atoms with van der Waals surface area (Å²) in [7, 11) is 3.41. The lowest BCUT2D eigenvalue weighted by molar-refractivity contribution is 0.0783. The number of likely N-dealkylation sites (tertiary alicyclic amines) is 1. The molecular weight excluding hydrogens is 356 g/mol. The van der Waals surface area contributed by atoms with Crippen molar-refractivity contribution in [2.75, 3.05) is 27.2 Å². The molecular formula is C20H22N6O2. The lowest BCUT2D eigenvalue weighted by Gasteiger charge is -2.17. The van der Waals surface area contributed by atoms with Crippen LogP contribution in [0.5, 0.6) is 0 Å². The minimum atomic E-state index is -0.131. The fraction of sp³-hybridized carbons (Fsp3) is 0.350. The van der Waals surface area contributed by atoms with Gasteiger partial charge in [0.2, 0.25) is 0 Å². The molecule has 1 atom stereocenters. The van der Waals surface area contributed by atoms with Gasteiger partial charge in [-0.3, -0.25) is 9.59 Å². The van der Waals surface area contributed by atoms with Gasteiger partial charge in [0.05, 0.1) is 11.9 Å². The molecule has 144 valence electrons. The molecule has 1 fully saturated rings. The highest BCUT2D eigenvalue weighted by atomic mass is 16.2. The minimum Gasteiger partial charge on any atom is -0.345 e. The van der Waals surface area contributed by atoms with Crippen molar-refractivity contribution in [3.8, 4) is 0 Å². The predicted octanol–water partition coefficient (Wildman–Crippen LogP) is 1.76. The van der Waals surface area contributed by atoms with E-state index in [2.05, 4.69) is 15.1 Å². The quantitative estimate of drug-likeness (QED) is 0.693. The summed E-state index contributed by atoms with van der Waals surface area (Å²) >= 11 is 0. The SMILES string of the molecule is Cc1cccc(C(=O)N2CCC(c3ccnc4c(C(=O)N(C)C)cnn34)C2)n1. The van der Waals surface area contributed by atoms with Gasteiger partial charge >= 0.3 is 0 Å². The lowest BCUT2D eigenvalue weighted by atomic mass is 10.0. The number of aryl methyl sites for hydroxylation is 1. The Morgan fingerprint density at radius 2 is 2.04 bits per heavy atom. The summed E-state index contributed by atoms with van der Waals surface area (Å²) < 4.78 is 1.72. The summed E-state index contributed by atoms with van der Waals surface area (Å²) in [4.78, 5) is 37.2. The number of pyridine rings is 1. The maximum absolute atomic E-state index is 12.8. The normalized spacial score (nSPS) is 16.5. The average molecular weight is 378 g/mol. The number of hydrogen-bond acceptors (Lipinski definition) is 5. The van der Waals surface area contributed by atoms with E-state index in [4.69, 9.17) is 0 Å². The van der Waals surface area contributed by atoms with Gasteiger partial charge in [0.15, 0.2) is 5.65 Å². The zero-order chi connectivity index (χ0) is 19.8. The van der Waals surface area contributed by atoms with E-state index in [0.29, 0.717) is 30.0 Å². The molecule has 1 unspecified atom stereocenters. The second-order valence-corrected chi connectivity index (χ2v) is 7.26. The van der Waals surface area contributed by atoms with Crippen LogP contribution in [0.3, 0.4) is 0 Å². The average Bonchev–Trinajstić information content (AvgIpc) is 3.34. The summed E-state index contributed by atoms with van der Waals surface area (Å²) in [6.07, 6.45) is 4.08. The molecule has 3 aromatic heterocycles. The summed E-state index contributed by atoms with van der Waals surface area (Å²) in [6, 6.07) is 7.39. The number of carbonyl (C=O) groups is 2. The number of carbonyl (C=O) groups excluding carboxylic acids is 2. The second kappa shape index (κ2) is 7.03. The van der Waals surface area contributed by atoms with E-state index in [1.807, 2.05) is 30.0 Å². The number of amides is 2. The molecule has 3 aromatic rings. The molecule has 0 aliphatic carbocycles. The molecule has 0 bridgehead atoms. The summed E-state index contributed by atoms with van der Waals surface area (Å²) in [5.74, 6) is -0.0599. The fourth-order valence-electron chi connectivity index (χ4n) is 3.62. The van der Waals surface area contributed by atoms with Gasteiger partial charge in [-0.05, 0) is 31.5 Å². The van der Waals surface area contributed by atoms with E-state index in [1.165, 1.54) is 4.90 Å². The van der Waals surface area contributed by atoms with Crippen molar-refractivity contribution in [2.45, 2.75) is 19.3 Å². The number of fused-ring (bicyclic) bond motifs is 1. The highest BCUT2D eigenvalue weighted by Gasteiger charge is 2.31. The summed E-state index contributed by atoms with van der Waals surface area (Å²) in [5.41, 5.74) is 3.27. The Balaban J connectivity index is 1.60. The molecule has 8 nitrogen and oxygen atoms in total. The molecule has 0 saturated carbocycles. The van der Waals surface area contributed by atoms with E-state index < -0.39 is 0 Å². The number of rotatable bonds is 3. The predicted molar refractivity (Wildman–Crippen MR) is 103 cm³/mol. The van der Waals surface area contributed by atoms with Gasteiger partial charge in [-0.2, -0.15) is 5.10 Å². The van der Waals surface area contributed by atoms with Gasteiger partial charge in [-0.25, -0.2) is 14.5 Å². The van der Waals surface area contributed by atoms with Crippen LogP contribution in [0.15, 0.2) is 36.7 Å². The van der Waals surface area contributed by atoms with Gasteiger partial charge in [0.1, 0.15) is 11.3 Å². The maximum atomic E-state index is 12.8. The van der Waals surface area contributed by atoms with Crippen molar-refractivity contribution in [1.29, 1.82) is 0 Å². The first kappa shape index (κ1) is 18.1. The van der Waals surface area contributed by atoms with Gasteiger partial charge in [0, 0.05) is 45.0 Å². The van der Waals surface area contributed by atoms with Crippen LogP contribution in [0.1, 0.15) is 44.6 Å². The van der Waals surface area contributed by atoms with Crippen LogP contribution in [0.4, 0.5) is 0 Å². The molecule has 1 saturated heterocycles. The molecule has 1 aliphatic rings. The molecule has 2 amide bonds. The zero-order valence-corrected chi connectivity index (χ0v) is 16.2. The Kier molecular flexibility index (Phi) is 4.54. The molecule has 4 heterocycles. The Morgan fingerprint density at radius 3 is 2.79 bits per heavy atom. The van der Waals surface area contributed by atoms with E-state index in [1.54, 1.807) is 37.1 Å². The van der Waals surface area contributed by atoms with Crippen LogP contribution in [0, 0.1) is 6.92 Å². The molecule has 0 radical (unpaired) electrons. The minimum absolute atomic E-state index is 0.0551. The number of hydrogen-bond donors (Lipinski definition) is 0. The first-order chi connectivity index (χ1) is 13.5. The third-order valence-corrected chi connectivity index (χ3v) is 5.07. The van der Waals surface area contributed by atoms with Crippen molar-refractivity contribution < 1.29 is 9.59 Å². The standard InChI is InChI=1S/C20H22N6O2/c1-13-5-4-6-16(23-13)20(28)25-10-8-14(12-25)17-7-9-21-18-15(11-22-26(17)18)19(27)24(2)3/h4-7,9,11,14H,8,10,12H2,1-3H3. The van der Waals surface area contributed by atoms with Crippen LogP contribution >= 0.6 is 0 Å². The van der Waals surface area contributed by atoms with E-state index >= 15 is 0 Å². The first-order valence-corrected chi connectivity index (χ1v) is 9.23. The number of nitrogens with zero attached hydrogens (tertiary/aromatic N) is 6. The van der Waals surface area contributed by atoms with Crippen LogP contribution in [0.2, 0.25) is 0 Å². The maximum Gasteiger partial charge on any atom is 0.272 e. The zero-order valence-electron chi connectivity index (χ0n) is 16.2. The molecule has 0 N–H and O–H groups in total. The van der Waals surface area contributed by atoms with Gasteiger partial charge < -0.3 is 9.80 Å². The monoisotopic (exact) mass is 378 g/mol. The van der Waals surface area contributed by atoms with Gasteiger partial charge in [-0.1, -0.05) is 6.07 Å². The van der Waals surface area contributed by atoms with E-state index in [9.17, 15) is 9.59 Å². The van der Waals surface area contributed by atoms with Crippen molar-refractivity contribution in [1.82, 2.24) is 29.4 Å². The van der Waals surface area contributed by atoms with Crippen molar-refractivity contribution in [2.24, 2.45) is 0 Å². The summed E-state index contributed by atoms with van der Waals surface area (Å²) in [5, 5.41) is 4.40. The van der Waals surface area contributed by atoms with Crippen molar-refractivity contribution >= 4 is 17.5 Å². The van der Waals surface area contributed by atoms with Crippen LogP contribution in [-0.2, 0) is 0 Å². The Labute approximate surface area is 162 Å². The van der Waals surface area contributed by atoms with Crippen molar-refractivity contribution in [3.63, 3.8) is 0 Å². The molecule has 4 rings (SSSR count). The summed E-state index contributed by atoms with van der Waals surface area (Å²) in [6.45, 7) is 3.12. The lowest BCUT2D eigenvalue weighted by Crippen LogP contribution is -2.29. The van der Waals surface area contributed by atoms with Crippen LogP contribution in [-0.4, -0.2) is 68.4 Å². The van der Waals surface area contributed by atoms with Crippen molar-refractivity contribution in [3.05, 3.63) is 59.3 Å². The molecule has 28 heavy (non-hydrogen) atoms. The highest BCUT2D eigenvalue weighted by Crippen LogP contribution is 2.28. The largest absolute Gasteiger partial charge is 0.345 e. The second-order valence-electron chi connectivity index (χ2n) is 7.26.